The number of thiazole rings is 1. The second-order valence-corrected chi connectivity index (χ2v) is 8.98. The van der Waals surface area contributed by atoms with E-state index in [2.05, 4.69) is 9.88 Å². The van der Waals surface area contributed by atoms with Gasteiger partial charge in [0.1, 0.15) is 10.8 Å². The molecule has 0 radical (unpaired) electrons. The van der Waals surface area contributed by atoms with E-state index in [0.717, 1.165) is 60.1 Å². The highest BCUT2D eigenvalue weighted by molar-refractivity contribution is 7.09. The van der Waals surface area contributed by atoms with Gasteiger partial charge in [0.15, 0.2) is 11.5 Å². The Labute approximate surface area is 201 Å². The van der Waals surface area contributed by atoms with E-state index >= 15 is 0 Å². The van der Waals surface area contributed by atoms with E-state index in [1.165, 1.54) is 12.1 Å². The molecule has 12 heteroatoms. The molecule has 4 heterocycles. The van der Waals surface area contributed by atoms with Crippen LogP contribution in [0.1, 0.15) is 29.6 Å². The number of carbonyl (C=O) groups is 1. The largest absolute Gasteiger partial charge is 0.490 e. The number of carboxylic acid groups (broad SMARTS) is 1. The van der Waals surface area contributed by atoms with Crippen molar-refractivity contribution in [3.8, 4) is 11.1 Å². The third-order valence-corrected chi connectivity index (χ3v) is 6.23. The summed E-state index contributed by atoms with van der Waals surface area (Å²) >= 11 is 1.70. The van der Waals surface area contributed by atoms with Gasteiger partial charge < -0.3 is 5.11 Å². The molecule has 0 bridgehead atoms. The summed E-state index contributed by atoms with van der Waals surface area (Å²) in [5, 5.41) is 15.1. The molecule has 1 N–H and O–H groups in total. The molecule has 1 fully saturated rings. The van der Waals surface area contributed by atoms with Crippen molar-refractivity contribution in [2.75, 3.05) is 13.1 Å². The van der Waals surface area contributed by atoms with Crippen molar-refractivity contribution in [3.63, 3.8) is 0 Å². The minimum absolute atomic E-state index is 0.237. The Morgan fingerprint density at radius 1 is 1.20 bits per heavy atom. The van der Waals surface area contributed by atoms with Crippen molar-refractivity contribution >= 4 is 23.0 Å². The molecule has 7 nitrogen and oxygen atoms in total. The Hall–Kier alpha value is -3.38. The average molecular weight is 508 g/mol. The maximum absolute atomic E-state index is 13.5. The first kappa shape index (κ1) is 24.7. The number of likely N-dealkylation sites (tertiary alicyclic amines) is 1. The molecule has 1 atom stereocenters. The van der Waals surface area contributed by atoms with Gasteiger partial charge in [-0.2, -0.15) is 18.3 Å². The summed E-state index contributed by atoms with van der Waals surface area (Å²) in [6.07, 6.45) is 0.945. The molecule has 5 rings (SSSR count). The Morgan fingerprint density at radius 2 is 2.00 bits per heavy atom. The lowest BCUT2D eigenvalue weighted by Gasteiger charge is -2.30. The number of hydrogen-bond acceptors (Lipinski definition) is 6. The van der Waals surface area contributed by atoms with Gasteiger partial charge in [0.25, 0.3) is 0 Å². The number of benzene rings is 1. The van der Waals surface area contributed by atoms with E-state index in [-0.39, 0.29) is 5.82 Å². The first-order chi connectivity index (χ1) is 16.7. The molecular formula is C23H21F4N5O2S. The van der Waals surface area contributed by atoms with E-state index in [1.807, 2.05) is 40.5 Å². The highest BCUT2D eigenvalue weighted by Gasteiger charge is 2.38. The Morgan fingerprint density at radius 3 is 2.69 bits per heavy atom. The topological polar surface area (TPSA) is 83.6 Å². The molecule has 3 aromatic heterocycles. The second kappa shape index (κ2) is 10.5. The molecule has 0 saturated carbocycles. The number of hydrogen-bond donors (Lipinski definition) is 1. The van der Waals surface area contributed by atoms with Crippen LogP contribution in [-0.2, 0) is 11.3 Å². The second-order valence-electron chi connectivity index (χ2n) is 8.00. The lowest BCUT2D eigenvalue weighted by Crippen LogP contribution is -2.34. The van der Waals surface area contributed by atoms with Crippen LogP contribution in [0.4, 0.5) is 17.6 Å². The minimum atomic E-state index is -5.08. The standard InChI is InChI=1S/C21H20FN5S.C2HF3O2/c22-18-5-1-3-15(11-18)16-6-7-19-24-21(25-27(19)13-16)17-4-2-9-26(12-17)14-20-23-8-10-28-20;3-2(4,5)1(6)7/h1,3,5-8,10-11,13,17H,2,4,9,12,14H2;(H,6,7). The summed E-state index contributed by atoms with van der Waals surface area (Å²) in [6.45, 7) is 2.94. The van der Waals surface area contributed by atoms with Gasteiger partial charge in [-0.1, -0.05) is 12.1 Å². The van der Waals surface area contributed by atoms with Crippen LogP contribution in [0.2, 0.25) is 0 Å². The fourth-order valence-electron chi connectivity index (χ4n) is 3.84. The maximum Gasteiger partial charge on any atom is 0.490 e. The van der Waals surface area contributed by atoms with Crippen LogP contribution in [-0.4, -0.2) is 54.8 Å². The molecule has 1 aliphatic rings. The molecule has 0 amide bonds. The number of aliphatic carboxylic acids is 1. The summed E-state index contributed by atoms with van der Waals surface area (Å²) in [5.41, 5.74) is 2.59. The number of aromatic nitrogens is 4. The molecule has 1 saturated heterocycles. The third-order valence-electron chi connectivity index (χ3n) is 5.46. The predicted molar refractivity (Wildman–Crippen MR) is 121 cm³/mol. The molecule has 0 spiro atoms. The van der Waals surface area contributed by atoms with Crippen molar-refractivity contribution in [1.29, 1.82) is 0 Å². The molecule has 35 heavy (non-hydrogen) atoms. The molecule has 1 aliphatic heterocycles. The van der Waals surface area contributed by atoms with Crippen molar-refractivity contribution in [1.82, 2.24) is 24.5 Å². The van der Waals surface area contributed by atoms with Gasteiger partial charge >= 0.3 is 12.1 Å². The Bertz CT molecular complexity index is 1290. The number of alkyl halides is 3. The lowest BCUT2D eigenvalue weighted by molar-refractivity contribution is -0.192. The first-order valence-corrected chi connectivity index (χ1v) is 11.6. The van der Waals surface area contributed by atoms with Crippen molar-refractivity contribution in [2.24, 2.45) is 0 Å². The van der Waals surface area contributed by atoms with Crippen molar-refractivity contribution in [2.45, 2.75) is 31.5 Å². The van der Waals surface area contributed by atoms with E-state index in [4.69, 9.17) is 20.0 Å². The number of carboxylic acids is 1. The molecule has 1 aromatic carbocycles. The molecular weight excluding hydrogens is 486 g/mol. The number of fused-ring (bicyclic) bond motifs is 1. The zero-order chi connectivity index (χ0) is 25.0. The van der Waals surface area contributed by atoms with E-state index < -0.39 is 12.1 Å². The van der Waals surface area contributed by atoms with Crippen LogP contribution in [0.15, 0.2) is 54.2 Å². The van der Waals surface area contributed by atoms with Gasteiger partial charge in [0.05, 0.1) is 6.54 Å². The Balaban J connectivity index is 0.000000364. The van der Waals surface area contributed by atoms with Crippen LogP contribution < -0.4 is 0 Å². The smallest absolute Gasteiger partial charge is 0.475 e. The predicted octanol–water partition coefficient (Wildman–Crippen LogP) is 5.00. The maximum atomic E-state index is 13.5. The van der Waals surface area contributed by atoms with Gasteiger partial charge in [-0.25, -0.2) is 23.7 Å². The van der Waals surface area contributed by atoms with Gasteiger partial charge in [-0.15, -0.1) is 11.3 Å². The SMILES string of the molecule is Fc1cccc(-c2ccc3nc(C4CCCN(Cc5nccs5)C4)nn3c2)c1.O=C(O)C(F)(F)F. The van der Waals surface area contributed by atoms with E-state index in [9.17, 15) is 17.6 Å². The Kier molecular flexibility index (Phi) is 7.41. The monoisotopic (exact) mass is 507 g/mol. The van der Waals surface area contributed by atoms with Gasteiger partial charge in [0.2, 0.25) is 0 Å². The number of halogens is 4. The lowest BCUT2D eigenvalue weighted by atomic mass is 9.97. The van der Waals surface area contributed by atoms with Gasteiger partial charge in [-0.3, -0.25) is 4.90 Å². The molecule has 1 unspecified atom stereocenters. The summed E-state index contributed by atoms with van der Waals surface area (Å²) < 4.78 is 47.1. The summed E-state index contributed by atoms with van der Waals surface area (Å²) in [4.78, 5) is 20.5. The molecule has 4 aromatic rings. The fraction of sp³-hybridized carbons (Fsp3) is 0.304. The van der Waals surface area contributed by atoms with Crippen molar-refractivity contribution in [3.05, 3.63) is 70.8 Å². The quantitative estimate of drug-likeness (QED) is 0.391. The molecule has 0 aliphatic carbocycles. The van der Waals surface area contributed by atoms with Crippen LogP contribution in [0.3, 0.4) is 0 Å². The van der Waals surface area contributed by atoms with Crippen LogP contribution in [0.25, 0.3) is 16.8 Å². The highest BCUT2D eigenvalue weighted by Crippen LogP contribution is 2.27. The average Bonchev–Trinajstić information content (AvgIpc) is 3.48. The zero-order valence-corrected chi connectivity index (χ0v) is 19.1. The summed E-state index contributed by atoms with van der Waals surface area (Å²) in [6, 6.07) is 10.5. The molecule has 184 valence electrons. The first-order valence-electron chi connectivity index (χ1n) is 10.7. The van der Waals surface area contributed by atoms with E-state index in [0.29, 0.717) is 5.92 Å². The van der Waals surface area contributed by atoms with Crippen LogP contribution in [0.5, 0.6) is 0 Å². The van der Waals surface area contributed by atoms with Gasteiger partial charge in [0, 0.05) is 35.8 Å². The minimum Gasteiger partial charge on any atom is -0.475 e. The third kappa shape index (κ3) is 6.40. The van der Waals surface area contributed by atoms with Gasteiger partial charge in [-0.05, 0) is 49.2 Å². The van der Waals surface area contributed by atoms with E-state index in [1.54, 1.807) is 17.4 Å². The fourth-order valence-corrected chi connectivity index (χ4v) is 4.50. The number of pyridine rings is 1. The van der Waals surface area contributed by atoms with Crippen LogP contribution in [0, 0.1) is 5.82 Å². The highest BCUT2D eigenvalue weighted by atomic mass is 32.1. The number of nitrogens with zero attached hydrogens (tertiary/aromatic N) is 5. The number of piperidine rings is 1. The van der Waals surface area contributed by atoms with Crippen LogP contribution >= 0.6 is 11.3 Å². The van der Waals surface area contributed by atoms with Crippen molar-refractivity contribution < 1.29 is 27.5 Å². The summed E-state index contributed by atoms with van der Waals surface area (Å²) in [5.74, 6) is -1.78. The number of rotatable bonds is 4. The normalized spacial score (nSPS) is 16.6. The zero-order valence-electron chi connectivity index (χ0n) is 18.3. The summed E-state index contributed by atoms with van der Waals surface area (Å²) in [7, 11) is 0.